The second-order valence-corrected chi connectivity index (χ2v) is 5.28. The van der Waals surface area contributed by atoms with Gasteiger partial charge in [0.15, 0.2) is 5.78 Å². The average Bonchev–Trinajstić information content (AvgIpc) is 2.82. The molecule has 5 heteroatoms. The highest BCUT2D eigenvalue weighted by Crippen LogP contribution is 2.22. The van der Waals surface area contributed by atoms with Crippen LogP contribution in [0.5, 0.6) is 0 Å². The van der Waals surface area contributed by atoms with E-state index in [1.807, 2.05) is 0 Å². The van der Waals surface area contributed by atoms with Crippen molar-refractivity contribution >= 4 is 29.0 Å². The van der Waals surface area contributed by atoms with Gasteiger partial charge in [0.25, 0.3) is 0 Å². The summed E-state index contributed by atoms with van der Waals surface area (Å²) in [5, 5.41) is 4.33. The minimum absolute atomic E-state index is 0.119. The van der Waals surface area contributed by atoms with Gasteiger partial charge in [0.05, 0.1) is 12.1 Å². The zero-order valence-electron chi connectivity index (χ0n) is 10.1. The summed E-state index contributed by atoms with van der Waals surface area (Å²) < 4.78 is 5.22. The van der Waals surface area contributed by atoms with E-state index in [2.05, 4.69) is 5.32 Å². The van der Waals surface area contributed by atoms with Crippen LogP contribution in [0.2, 0.25) is 10.0 Å². The largest absolute Gasteiger partial charge is 0.380 e. The van der Waals surface area contributed by atoms with Crippen molar-refractivity contribution in [3.63, 3.8) is 0 Å². The van der Waals surface area contributed by atoms with Gasteiger partial charge in [-0.25, -0.2) is 0 Å². The molecule has 0 radical (unpaired) electrons. The molecule has 1 saturated heterocycles. The van der Waals surface area contributed by atoms with Gasteiger partial charge in [-0.3, -0.25) is 4.79 Å². The quantitative estimate of drug-likeness (QED) is 0.925. The number of ether oxygens (including phenoxy) is 1. The summed E-state index contributed by atoms with van der Waals surface area (Å²) in [5.74, 6) is 0.124. The van der Waals surface area contributed by atoms with Gasteiger partial charge >= 0.3 is 0 Å². The molecule has 0 aromatic heterocycles. The predicted molar refractivity (Wildman–Crippen MR) is 72.4 cm³/mol. The summed E-state index contributed by atoms with van der Waals surface area (Å²) in [6, 6.07) is 5.02. The van der Waals surface area contributed by atoms with Crippen molar-refractivity contribution in [2.24, 2.45) is 0 Å². The number of hydrogen-bond donors (Lipinski definition) is 1. The number of hydrogen-bond acceptors (Lipinski definition) is 3. The highest BCUT2D eigenvalue weighted by atomic mass is 35.5. The van der Waals surface area contributed by atoms with Crippen LogP contribution in [0.3, 0.4) is 0 Å². The summed E-state index contributed by atoms with van der Waals surface area (Å²) >= 11 is 11.9. The van der Waals surface area contributed by atoms with Crippen molar-refractivity contribution in [2.45, 2.75) is 25.0 Å². The van der Waals surface area contributed by atoms with Gasteiger partial charge in [0.2, 0.25) is 0 Å². The molecule has 0 aliphatic carbocycles. The fourth-order valence-corrected chi connectivity index (χ4v) is 2.50. The van der Waals surface area contributed by atoms with E-state index < -0.39 is 0 Å². The molecule has 1 heterocycles. The van der Waals surface area contributed by atoms with Crippen LogP contribution in [0.1, 0.15) is 12.0 Å². The molecule has 1 N–H and O–H groups in total. The summed E-state index contributed by atoms with van der Waals surface area (Å²) in [6.45, 7) is 0.718. The molecule has 98 valence electrons. The van der Waals surface area contributed by atoms with Crippen LogP contribution in [0, 0.1) is 0 Å². The first-order valence-corrected chi connectivity index (χ1v) is 6.58. The molecule has 1 aliphatic rings. The molecule has 0 amide bonds. The normalized spacial score (nSPS) is 23.3. The van der Waals surface area contributed by atoms with E-state index in [-0.39, 0.29) is 17.9 Å². The van der Waals surface area contributed by atoms with E-state index in [0.29, 0.717) is 22.9 Å². The van der Waals surface area contributed by atoms with Crippen molar-refractivity contribution in [3.8, 4) is 0 Å². The van der Waals surface area contributed by atoms with Gasteiger partial charge in [-0.2, -0.15) is 0 Å². The Morgan fingerprint density at radius 1 is 1.50 bits per heavy atom. The first kappa shape index (κ1) is 13.8. The van der Waals surface area contributed by atoms with Crippen LogP contribution in [0.15, 0.2) is 18.2 Å². The number of rotatable bonds is 4. The van der Waals surface area contributed by atoms with Gasteiger partial charge in [0.1, 0.15) is 0 Å². The van der Waals surface area contributed by atoms with E-state index in [4.69, 9.17) is 27.9 Å². The van der Waals surface area contributed by atoms with Crippen LogP contribution >= 0.6 is 23.2 Å². The lowest BCUT2D eigenvalue weighted by Gasteiger charge is -2.10. The molecular formula is C13H15Cl2NO2. The summed E-state index contributed by atoms with van der Waals surface area (Å²) in [6.07, 6.45) is 1.13. The fraction of sp³-hybridized carbons (Fsp3) is 0.462. The Hall–Kier alpha value is -0.610. The first-order chi connectivity index (χ1) is 8.60. The second kappa shape index (κ2) is 6.02. The standard InChI is InChI=1S/C13H15Cl2NO2/c1-18-10-6-12(16-7-10)13(17)5-8-4-9(14)2-3-11(8)15/h2-4,10,12,16H,5-7H2,1H3. The van der Waals surface area contributed by atoms with Crippen LogP contribution < -0.4 is 5.32 Å². The highest BCUT2D eigenvalue weighted by Gasteiger charge is 2.29. The molecule has 1 aromatic carbocycles. The Bertz CT molecular complexity index is 451. The lowest BCUT2D eigenvalue weighted by molar-refractivity contribution is -0.120. The molecule has 2 rings (SSSR count). The summed E-state index contributed by atoms with van der Waals surface area (Å²) in [4.78, 5) is 12.1. The van der Waals surface area contributed by atoms with Gasteiger partial charge in [-0.15, -0.1) is 0 Å². The summed E-state index contributed by atoms with van der Waals surface area (Å²) in [7, 11) is 1.66. The molecule has 1 aliphatic heterocycles. The number of nitrogens with one attached hydrogen (secondary N) is 1. The minimum Gasteiger partial charge on any atom is -0.380 e. The van der Waals surface area contributed by atoms with Crippen molar-refractivity contribution in [3.05, 3.63) is 33.8 Å². The number of methoxy groups -OCH3 is 1. The monoisotopic (exact) mass is 287 g/mol. The van der Waals surface area contributed by atoms with Gasteiger partial charge in [0, 0.05) is 30.1 Å². The smallest absolute Gasteiger partial charge is 0.154 e. The molecule has 2 unspecified atom stereocenters. The molecule has 2 atom stereocenters. The molecule has 3 nitrogen and oxygen atoms in total. The zero-order chi connectivity index (χ0) is 13.1. The topological polar surface area (TPSA) is 38.3 Å². The summed E-state index contributed by atoms with van der Waals surface area (Å²) in [5.41, 5.74) is 0.775. The van der Waals surface area contributed by atoms with E-state index in [1.54, 1.807) is 25.3 Å². The number of carbonyl (C=O) groups is 1. The van der Waals surface area contributed by atoms with Gasteiger partial charge in [-0.1, -0.05) is 23.2 Å². The Morgan fingerprint density at radius 2 is 2.28 bits per heavy atom. The van der Waals surface area contributed by atoms with E-state index in [9.17, 15) is 4.79 Å². The number of benzene rings is 1. The molecule has 1 aromatic rings. The highest BCUT2D eigenvalue weighted by molar-refractivity contribution is 6.33. The molecule has 0 bridgehead atoms. The maximum Gasteiger partial charge on any atom is 0.154 e. The van der Waals surface area contributed by atoms with Crippen LogP contribution in [0.25, 0.3) is 0 Å². The van der Waals surface area contributed by atoms with Crippen molar-refractivity contribution < 1.29 is 9.53 Å². The second-order valence-electron chi connectivity index (χ2n) is 4.43. The lowest BCUT2D eigenvalue weighted by atomic mass is 10.0. The van der Waals surface area contributed by atoms with Crippen LogP contribution in [-0.2, 0) is 16.0 Å². The first-order valence-electron chi connectivity index (χ1n) is 5.83. The van der Waals surface area contributed by atoms with E-state index >= 15 is 0 Å². The number of ketones is 1. The van der Waals surface area contributed by atoms with Crippen LogP contribution in [0.4, 0.5) is 0 Å². The molecule has 0 spiro atoms. The third-order valence-electron chi connectivity index (χ3n) is 3.18. The maximum absolute atomic E-state index is 12.1. The number of Topliss-reactive ketones (excluding diaryl/α,β-unsaturated/α-hetero) is 1. The number of halogens is 2. The Balaban J connectivity index is 2.01. The third kappa shape index (κ3) is 3.23. The maximum atomic E-state index is 12.1. The van der Waals surface area contributed by atoms with Gasteiger partial charge < -0.3 is 10.1 Å². The predicted octanol–water partition coefficient (Wildman–Crippen LogP) is 2.48. The van der Waals surface area contributed by atoms with Gasteiger partial charge in [-0.05, 0) is 30.2 Å². The number of carbonyl (C=O) groups excluding carboxylic acids is 1. The fourth-order valence-electron chi connectivity index (χ4n) is 2.12. The van der Waals surface area contributed by atoms with Crippen molar-refractivity contribution in [1.29, 1.82) is 0 Å². The Morgan fingerprint density at radius 3 is 2.94 bits per heavy atom. The molecule has 1 fully saturated rings. The SMILES string of the molecule is COC1CNC(C(=O)Cc2cc(Cl)ccc2Cl)C1. The molecule has 18 heavy (non-hydrogen) atoms. The Kier molecular flexibility index (Phi) is 4.62. The van der Waals surface area contributed by atoms with E-state index in [0.717, 1.165) is 12.1 Å². The van der Waals surface area contributed by atoms with Crippen molar-refractivity contribution in [1.82, 2.24) is 5.32 Å². The Labute approximate surface area is 116 Å². The lowest BCUT2D eigenvalue weighted by Crippen LogP contribution is -2.31. The zero-order valence-corrected chi connectivity index (χ0v) is 11.6. The molecule has 0 saturated carbocycles. The van der Waals surface area contributed by atoms with Crippen LogP contribution in [-0.4, -0.2) is 31.6 Å². The third-order valence-corrected chi connectivity index (χ3v) is 3.79. The van der Waals surface area contributed by atoms with Crippen molar-refractivity contribution in [2.75, 3.05) is 13.7 Å². The minimum atomic E-state index is -0.148. The molecular weight excluding hydrogens is 273 g/mol. The van der Waals surface area contributed by atoms with E-state index in [1.165, 1.54) is 0 Å². The average molecular weight is 288 g/mol.